The van der Waals surface area contributed by atoms with Crippen LogP contribution in [0.2, 0.25) is 0 Å². The monoisotopic (exact) mass is 555 g/mol. The second kappa shape index (κ2) is 10.2. The lowest BCUT2D eigenvalue weighted by Gasteiger charge is -2.42. The molecule has 0 heterocycles. The van der Waals surface area contributed by atoms with E-state index in [4.69, 9.17) is 0 Å². The van der Waals surface area contributed by atoms with E-state index >= 15 is 0 Å². The highest BCUT2D eigenvalue weighted by Crippen LogP contribution is 2.63. The molecule has 0 aromatic carbocycles. The van der Waals surface area contributed by atoms with Gasteiger partial charge in [0.25, 0.3) is 0 Å². The van der Waals surface area contributed by atoms with Crippen LogP contribution in [0.4, 0.5) is 70.2 Å². The Morgan fingerprint density at radius 2 is 1.14 bits per heavy atom. The first-order chi connectivity index (χ1) is 15.3. The van der Waals surface area contributed by atoms with Crippen LogP contribution in [0.3, 0.4) is 0 Å². The predicted octanol–water partition coefficient (Wildman–Crippen LogP) is 6.95. The van der Waals surface area contributed by atoms with Gasteiger partial charge < -0.3 is 5.32 Å². The SMILES string of the molecule is C/C=C(/CC)C(=O)NCCCC(F)(F)C(F)(F)C(F)(F)C(F)(F)C(F)(F)C(F)(F)C(F)(F)C(F)F. The Morgan fingerprint density at radius 3 is 1.51 bits per heavy atom. The number of halogens is 16. The van der Waals surface area contributed by atoms with Gasteiger partial charge in [-0.1, -0.05) is 13.0 Å². The van der Waals surface area contributed by atoms with Gasteiger partial charge in [0.15, 0.2) is 0 Å². The van der Waals surface area contributed by atoms with Gasteiger partial charge in [-0.15, -0.1) is 0 Å². The van der Waals surface area contributed by atoms with E-state index in [1.54, 1.807) is 0 Å². The minimum Gasteiger partial charge on any atom is -0.352 e. The third-order valence-corrected chi connectivity index (χ3v) is 4.70. The number of alkyl halides is 16. The molecular formula is C17H17F16NO. The number of allylic oxidation sites excluding steroid dienone is 1. The summed E-state index contributed by atoms with van der Waals surface area (Å²) in [6, 6.07) is 0. The Hall–Kier alpha value is -1.91. The fourth-order valence-electron chi connectivity index (χ4n) is 2.45. The third kappa shape index (κ3) is 5.29. The molecule has 0 unspecified atom stereocenters. The molecule has 0 rings (SSSR count). The van der Waals surface area contributed by atoms with Gasteiger partial charge in [0.2, 0.25) is 5.91 Å². The lowest BCUT2D eigenvalue weighted by atomic mass is 9.88. The number of hydrogen-bond donors (Lipinski definition) is 1. The van der Waals surface area contributed by atoms with Gasteiger partial charge in [-0.3, -0.25) is 4.79 Å². The van der Waals surface area contributed by atoms with E-state index in [2.05, 4.69) is 0 Å². The summed E-state index contributed by atoms with van der Waals surface area (Å²) in [7, 11) is 0. The molecule has 0 radical (unpaired) electrons. The molecule has 0 aliphatic rings. The van der Waals surface area contributed by atoms with Crippen LogP contribution in [0.1, 0.15) is 33.1 Å². The minimum atomic E-state index is -8.40. The minimum absolute atomic E-state index is 0.0528. The van der Waals surface area contributed by atoms with Crippen LogP contribution in [0.15, 0.2) is 11.6 Å². The normalized spacial score (nSPS) is 15.6. The molecule has 0 saturated carbocycles. The molecule has 1 amide bonds. The molecular weight excluding hydrogens is 538 g/mol. The second-order valence-corrected chi connectivity index (χ2v) is 7.03. The molecule has 18 heteroatoms. The molecule has 0 spiro atoms. The van der Waals surface area contributed by atoms with Crippen molar-refractivity contribution in [1.29, 1.82) is 0 Å². The van der Waals surface area contributed by atoms with E-state index in [0.29, 0.717) is 0 Å². The number of carbonyl (C=O) groups is 1. The Bertz CT molecular complexity index is 774. The number of nitrogens with one attached hydrogen (secondary N) is 1. The van der Waals surface area contributed by atoms with E-state index in [1.807, 2.05) is 5.32 Å². The molecule has 0 aromatic heterocycles. The second-order valence-electron chi connectivity index (χ2n) is 7.03. The highest BCUT2D eigenvalue weighted by Gasteiger charge is 2.93. The Balaban J connectivity index is 6.00. The molecule has 0 saturated heterocycles. The topological polar surface area (TPSA) is 29.1 Å². The fraction of sp³-hybridized carbons (Fsp3) is 0.824. The van der Waals surface area contributed by atoms with E-state index < -0.39 is 73.2 Å². The first kappa shape index (κ1) is 33.1. The molecule has 0 fully saturated rings. The van der Waals surface area contributed by atoms with Gasteiger partial charge in [-0.25, -0.2) is 8.78 Å². The van der Waals surface area contributed by atoms with Crippen LogP contribution >= 0.6 is 0 Å². The zero-order valence-corrected chi connectivity index (χ0v) is 17.4. The van der Waals surface area contributed by atoms with Gasteiger partial charge >= 0.3 is 47.9 Å². The summed E-state index contributed by atoms with van der Waals surface area (Å²) < 4.78 is 211. The summed E-state index contributed by atoms with van der Waals surface area (Å²) in [6.07, 6.45) is -8.42. The third-order valence-electron chi connectivity index (χ3n) is 4.70. The first-order valence-corrected chi connectivity index (χ1v) is 9.21. The number of carbonyl (C=O) groups excluding carboxylic acids is 1. The lowest BCUT2D eigenvalue weighted by Crippen LogP contribution is -2.73. The summed E-state index contributed by atoms with van der Waals surface area (Å²) in [5, 5.41) is 1.85. The van der Waals surface area contributed by atoms with E-state index in [9.17, 15) is 75.0 Å². The predicted molar refractivity (Wildman–Crippen MR) is 86.9 cm³/mol. The maximum Gasteiger partial charge on any atom is 0.384 e. The summed E-state index contributed by atoms with van der Waals surface area (Å²) in [4.78, 5) is 11.5. The number of amides is 1. The van der Waals surface area contributed by atoms with Gasteiger partial charge in [-0.2, -0.15) is 61.5 Å². The Kier molecular flexibility index (Phi) is 9.66. The van der Waals surface area contributed by atoms with Crippen molar-refractivity contribution in [2.45, 2.75) is 81.0 Å². The molecule has 208 valence electrons. The van der Waals surface area contributed by atoms with Crippen molar-refractivity contribution in [3.63, 3.8) is 0 Å². The van der Waals surface area contributed by atoms with Gasteiger partial charge in [-0.05, 0) is 19.8 Å². The van der Waals surface area contributed by atoms with Crippen LogP contribution in [-0.2, 0) is 4.79 Å². The van der Waals surface area contributed by atoms with Crippen molar-refractivity contribution in [2.24, 2.45) is 0 Å². The summed E-state index contributed by atoms with van der Waals surface area (Å²) >= 11 is 0. The molecule has 35 heavy (non-hydrogen) atoms. The van der Waals surface area contributed by atoms with E-state index in [1.165, 1.54) is 19.9 Å². The average Bonchev–Trinajstić information content (AvgIpc) is 2.71. The maximum atomic E-state index is 13.7. The highest BCUT2D eigenvalue weighted by molar-refractivity contribution is 5.93. The summed E-state index contributed by atoms with van der Waals surface area (Å²) in [5.74, 6) is -55.4. The molecule has 0 aliphatic heterocycles. The van der Waals surface area contributed by atoms with Crippen molar-refractivity contribution in [3.05, 3.63) is 11.6 Å². The molecule has 0 aromatic rings. The van der Waals surface area contributed by atoms with Crippen molar-refractivity contribution < 1.29 is 75.0 Å². The molecule has 0 bridgehead atoms. The van der Waals surface area contributed by atoms with Gasteiger partial charge in [0, 0.05) is 18.5 Å². The summed E-state index contributed by atoms with van der Waals surface area (Å²) in [6.45, 7) is 1.87. The van der Waals surface area contributed by atoms with Crippen LogP contribution in [0.25, 0.3) is 0 Å². The maximum absolute atomic E-state index is 13.7. The van der Waals surface area contributed by atoms with Crippen molar-refractivity contribution in [1.82, 2.24) is 5.32 Å². The highest BCUT2D eigenvalue weighted by atomic mass is 19.4. The fourth-order valence-corrected chi connectivity index (χ4v) is 2.45. The quantitative estimate of drug-likeness (QED) is 0.149. The number of hydrogen-bond acceptors (Lipinski definition) is 1. The van der Waals surface area contributed by atoms with Crippen LogP contribution in [0.5, 0.6) is 0 Å². The standard InChI is InChI=1S/C17H17F16NO/c1-3-8(4-2)9(35)34-7-5-6-11(20,21)13(24,25)15(28,29)17(32,33)16(30,31)14(26,27)12(22,23)10(18)19/h3,10H,4-7H2,1-2H3,(H,34,35)/b8-3-. The van der Waals surface area contributed by atoms with Gasteiger partial charge in [0.1, 0.15) is 0 Å². The van der Waals surface area contributed by atoms with Crippen molar-refractivity contribution in [2.75, 3.05) is 6.54 Å². The average molecular weight is 555 g/mol. The van der Waals surface area contributed by atoms with Crippen molar-refractivity contribution in [3.8, 4) is 0 Å². The smallest absolute Gasteiger partial charge is 0.352 e. The van der Waals surface area contributed by atoms with E-state index in [-0.39, 0.29) is 12.0 Å². The number of rotatable bonds is 13. The van der Waals surface area contributed by atoms with Crippen LogP contribution in [-0.4, -0.2) is 60.3 Å². The molecule has 1 N–H and O–H groups in total. The molecule has 0 atom stereocenters. The van der Waals surface area contributed by atoms with Crippen molar-refractivity contribution >= 4 is 5.91 Å². The lowest BCUT2D eigenvalue weighted by molar-refractivity contribution is -0.447. The van der Waals surface area contributed by atoms with Crippen LogP contribution < -0.4 is 5.32 Å². The largest absolute Gasteiger partial charge is 0.384 e. The zero-order chi connectivity index (χ0) is 28.5. The first-order valence-electron chi connectivity index (χ1n) is 9.21. The van der Waals surface area contributed by atoms with E-state index in [0.717, 1.165) is 0 Å². The van der Waals surface area contributed by atoms with Gasteiger partial charge in [0.05, 0.1) is 0 Å². The Labute approximate surface area is 186 Å². The molecule has 0 aliphatic carbocycles. The molecule has 2 nitrogen and oxygen atoms in total. The van der Waals surface area contributed by atoms with Crippen LogP contribution in [0, 0.1) is 0 Å². The summed E-state index contributed by atoms with van der Waals surface area (Å²) in [5.41, 5.74) is 0.0528. The Morgan fingerprint density at radius 1 is 0.743 bits per heavy atom. The zero-order valence-electron chi connectivity index (χ0n) is 17.4.